The van der Waals surface area contributed by atoms with Crippen LogP contribution in [0.3, 0.4) is 0 Å². The predicted molar refractivity (Wildman–Crippen MR) is 112 cm³/mol. The van der Waals surface area contributed by atoms with Gasteiger partial charge in [0, 0.05) is 10.6 Å². The Morgan fingerprint density at radius 1 is 1.22 bits per heavy atom. The second kappa shape index (κ2) is 7.86. The lowest BCUT2D eigenvalue weighted by Crippen LogP contribution is -2.05. The molecule has 3 aromatic rings. The molecule has 0 saturated carbocycles. The SMILES string of the molecule is CCOC(=O)c1ccc(Nc2nc(SC)nc3sc4c(c23)CCCC4)cc1. The lowest BCUT2D eigenvalue weighted by Gasteiger charge is -2.13. The van der Waals surface area contributed by atoms with Crippen molar-refractivity contribution in [3.05, 3.63) is 40.3 Å². The summed E-state index contributed by atoms with van der Waals surface area (Å²) in [5, 5.41) is 5.37. The number of hydrogen-bond acceptors (Lipinski definition) is 7. The van der Waals surface area contributed by atoms with Gasteiger partial charge in [0.15, 0.2) is 5.16 Å². The van der Waals surface area contributed by atoms with Gasteiger partial charge >= 0.3 is 5.97 Å². The van der Waals surface area contributed by atoms with Gasteiger partial charge in [0.05, 0.1) is 17.6 Å². The molecule has 7 heteroatoms. The smallest absolute Gasteiger partial charge is 0.338 e. The summed E-state index contributed by atoms with van der Waals surface area (Å²) in [5.74, 6) is 0.553. The molecular weight excluding hydrogens is 378 g/mol. The molecule has 2 heterocycles. The fraction of sp³-hybridized carbons (Fsp3) is 0.350. The van der Waals surface area contributed by atoms with E-state index in [1.807, 2.05) is 18.4 Å². The van der Waals surface area contributed by atoms with E-state index in [0.29, 0.717) is 12.2 Å². The minimum Gasteiger partial charge on any atom is -0.462 e. The average molecular weight is 400 g/mol. The van der Waals surface area contributed by atoms with E-state index in [2.05, 4.69) is 5.32 Å². The highest BCUT2D eigenvalue weighted by atomic mass is 32.2. The van der Waals surface area contributed by atoms with Crippen LogP contribution in [0.1, 0.15) is 40.6 Å². The lowest BCUT2D eigenvalue weighted by molar-refractivity contribution is 0.0526. The number of carbonyl (C=O) groups is 1. The Bertz CT molecular complexity index is 983. The molecule has 1 aromatic carbocycles. The molecule has 1 N–H and O–H groups in total. The number of rotatable bonds is 5. The van der Waals surface area contributed by atoms with Crippen molar-refractivity contribution in [2.24, 2.45) is 0 Å². The van der Waals surface area contributed by atoms with E-state index in [1.165, 1.54) is 23.3 Å². The van der Waals surface area contributed by atoms with Crippen molar-refractivity contribution in [1.82, 2.24) is 9.97 Å². The number of ether oxygens (including phenoxy) is 1. The monoisotopic (exact) mass is 399 g/mol. The summed E-state index contributed by atoms with van der Waals surface area (Å²) in [7, 11) is 0. The standard InChI is InChI=1S/C20H21N3O2S2/c1-3-25-19(24)12-8-10-13(11-9-12)21-17-16-14-6-4-5-7-15(14)27-18(16)23-20(22-17)26-2/h8-11H,3-7H2,1-2H3,(H,21,22,23). The van der Waals surface area contributed by atoms with Crippen LogP contribution >= 0.6 is 23.1 Å². The molecule has 1 aliphatic carbocycles. The van der Waals surface area contributed by atoms with Crippen LogP contribution in [0.2, 0.25) is 0 Å². The Morgan fingerprint density at radius 3 is 2.74 bits per heavy atom. The van der Waals surface area contributed by atoms with Gasteiger partial charge in [-0.2, -0.15) is 0 Å². The fourth-order valence-corrected chi connectivity index (χ4v) is 5.04. The zero-order valence-corrected chi connectivity index (χ0v) is 17.0. The van der Waals surface area contributed by atoms with E-state index < -0.39 is 0 Å². The fourth-order valence-electron chi connectivity index (χ4n) is 3.36. The van der Waals surface area contributed by atoms with E-state index >= 15 is 0 Å². The minimum atomic E-state index is -0.301. The molecule has 0 unspecified atom stereocenters. The highest BCUT2D eigenvalue weighted by Crippen LogP contribution is 2.40. The number of aromatic nitrogens is 2. The van der Waals surface area contributed by atoms with Crippen molar-refractivity contribution in [2.75, 3.05) is 18.2 Å². The van der Waals surface area contributed by atoms with Crippen LogP contribution < -0.4 is 5.32 Å². The van der Waals surface area contributed by atoms with Gasteiger partial charge < -0.3 is 10.1 Å². The zero-order valence-electron chi connectivity index (χ0n) is 15.4. The van der Waals surface area contributed by atoms with Gasteiger partial charge in [-0.3, -0.25) is 0 Å². The molecule has 2 aromatic heterocycles. The molecule has 4 rings (SSSR count). The Labute approximate surface area is 166 Å². The quantitative estimate of drug-likeness (QED) is 0.361. The average Bonchev–Trinajstić information content (AvgIpc) is 3.07. The third-order valence-corrected chi connectivity index (χ3v) is 6.37. The first-order chi connectivity index (χ1) is 13.2. The van der Waals surface area contributed by atoms with Crippen molar-refractivity contribution in [2.45, 2.75) is 37.8 Å². The number of hydrogen-bond donors (Lipinski definition) is 1. The van der Waals surface area contributed by atoms with E-state index in [4.69, 9.17) is 14.7 Å². The number of nitrogens with one attached hydrogen (secondary N) is 1. The van der Waals surface area contributed by atoms with Crippen molar-refractivity contribution in [1.29, 1.82) is 0 Å². The maximum absolute atomic E-state index is 11.8. The summed E-state index contributed by atoms with van der Waals surface area (Å²) in [6.07, 6.45) is 6.69. The molecule has 140 valence electrons. The third kappa shape index (κ3) is 3.66. The number of esters is 1. The van der Waals surface area contributed by atoms with Crippen molar-refractivity contribution >= 4 is 50.8 Å². The molecule has 0 fully saturated rings. The summed E-state index contributed by atoms with van der Waals surface area (Å²) >= 11 is 3.35. The summed E-state index contributed by atoms with van der Waals surface area (Å²) in [5.41, 5.74) is 2.85. The molecule has 0 atom stereocenters. The summed E-state index contributed by atoms with van der Waals surface area (Å²) < 4.78 is 5.04. The molecule has 0 radical (unpaired) electrons. The number of fused-ring (bicyclic) bond motifs is 3. The van der Waals surface area contributed by atoms with Crippen LogP contribution in [0.5, 0.6) is 0 Å². The number of carbonyl (C=O) groups excluding carboxylic acids is 1. The van der Waals surface area contributed by atoms with Crippen molar-refractivity contribution in [3.63, 3.8) is 0 Å². The number of thioether (sulfide) groups is 1. The minimum absolute atomic E-state index is 0.301. The van der Waals surface area contributed by atoms with Gasteiger partial charge in [0.1, 0.15) is 10.6 Å². The zero-order chi connectivity index (χ0) is 18.8. The molecule has 0 aliphatic heterocycles. The van der Waals surface area contributed by atoms with E-state index in [0.717, 1.165) is 39.7 Å². The molecule has 0 bridgehead atoms. The van der Waals surface area contributed by atoms with Crippen molar-refractivity contribution < 1.29 is 9.53 Å². The number of aryl methyl sites for hydroxylation is 2. The van der Waals surface area contributed by atoms with Gasteiger partial charge in [-0.15, -0.1) is 11.3 Å². The molecule has 0 spiro atoms. The van der Waals surface area contributed by atoms with Gasteiger partial charge in [-0.1, -0.05) is 11.8 Å². The number of nitrogens with zero attached hydrogens (tertiary/aromatic N) is 2. The topological polar surface area (TPSA) is 64.1 Å². The first-order valence-electron chi connectivity index (χ1n) is 9.10. The molecule has 27 heavy (non-hydrogen) atoms. The highest BCUT2D eigenvalue weighted by molar-refractivity contribution is 7.98. The summed E-state index contributed by atoms with van der Waals surface area (Å²) in [6, 6.07) is 7.32. The van der Waals surface area contributed by atoms with E-state index in [1.54, 1.807) is 42.2 Å². The lowest BCUT2D eigenvalue weighted by atomic mass is 9.97. The Balaban J connectivity index is 1.70. The second-order valence-corrected chi connectivity index (χ2v) is 8.23. The second-order valence-electron chi connectivity index (χ2n) is 6.37. The highest BCUT2D eigenvalue weighted by Gasteiger charge is 2.21. The van der Waals surface area contributed by atoms with E-state index in [9.17, 15) is 4.79 Å². The first-order valence-corrected chi connectivity index (χ1v) is 11.1. The summed E-state index contributed by atoms with van der Waals surface area (Å²) in [4.78, 5) is 23.8. The number of anilines is 2. The molecule has 5 nitrogen and oxygen atoms in total. The Kier molecular flexibility index (Phi) is 5.31. The summed E-state index contributed by atoms with van der Waals surface area (Å²) in [6.45, 7) is 2.18. The van der Waals surface area contributed by atoms with Gasteiger partial charge in [-0.05, 0) is 68.7 Å². The van der Waals surface area contributed by atoms with Crippen molar-refractivity contribution in [3.8, 4) is 0 Å². The van der Waals surface area contributed by atoms with Crippen LogP contribution in [0.15, 0.2) is 29.4 Å². The normalized spacial score (nSPS) is 13.4. The predicted octanol–water partition coefficient (Wildman–Crippen LogP) is 5.21. The van der Waals surface area contributed by atoms with Gasteiger partial charge in [0.25, 0.3) is 0 Å². The molecule has 0 amide bonds. The van der Waals surface area contributed by atoms with Gasteiger partial charge in [0.2, 0.25) is 0 Å². The number of benzene rings is 1. The molecule has 1 aliphatic rings. The van der Waals surface area contributed by atoms with Crippen LogP contribution in [0.4, 0.5) is 11.5 Å². The Hall–Kier alpha value is -2.12. The maximum Gasteiger partial charge on any atom is 0.338 e. The van der Waals surface area contributed by atoms with Gasteiger partial charge in [-0.25, -0.2) is 14.8 Å². The Morgan fingerprint density at radius 2 is 2.00 bits per heavy atom. The molecule has 0 saturated heterocycles. The van der Waals surface area contributed by atoms with Crippen LogP contribution in [-0.2, 0) is 17.6 Å². The maximum atomic E-state index is 11.8. The van der Waals surface area contributed by atoms with Crippen LogP contribution in [0.25, 0.3) is 10.2 Å². The van der Waals surface area contributed by atoms with Crippen LogP contribution in [-0.4, -0.2) is 28.8 Å². The first kappa shape index (κ1) is 18.3. The largest absolute Gasteiger partial charge is 0.462 e. The van der Waals surface area contributed by atoms with Crippen LogP contribution in [0, 0.1) is 0 Å². The molecular formula is C20H21N3O2S2. The third-order valence-electron chi connectivity index (χ3n) is 4.64. The number of thiophene rings is 1. The van der Waals surface area contributed by atoms with E-state index in [-0.39, 0.29) is 5.97 Å².